The van der Waals surface area contributed by atoms with Crippen molar-refractivity contribution in [2.24, 2.45) is 11.7 Å². The number of nitrogens with zero attached hydrogens (tertiary/aromatic N) is 1. The van der Waals surface area contributed by atoms with Crippen LogP contribution in [0.4, 0.5) is 0 Å². The molecular weight excluding hydrogens is 292 g/mol. The molecule has 0 aromatic heterocycles. The molecule has 1 rings (SSSR count). The molecule has 0 aliphatic rings. The van der Waals surface area contributed by atoms with Crippen LogP contribution in [0.25, 0.3) is 0 Å². The van der Waals surface area contributed by atoms with E-state index >= 15 is 0 Å². The Bertz CT molecular complexity index is 493. The molecule has 0 radical (unpaired) electrons. The van der Waals surface area contributed by atoms with Crippen LogP contribution in [0.1, 0.15) is 38.3 Å². The van der Waals surface area contributed by atoms with Crippen LogP contribution in [0.15, 0.2) is 24.3 Å². The first-order valence-electron chi connectivity index (χ1n) is 6.70. The van der Waals surface area contributed by atoms with Crippen molar-refractivity contribution in [2.45, 2.75) is 32.7 Å². The molecule has 0 spiro atoms. The molecule has 0 fully saturated rings. The maximum atomic E-state index is 12.5. The highest BCUT2D eigenvalue weighted by Gasteiger charge is 2.27. The highest BCUT2D eigenvalue weighted by atomic mass is 35.5. The summed E-state index contributed by atoms with van der Waals surface area (Å²) in [7, 11) is 1.76. The van der Waals surface area contributed by atoms with Crippen molar-refractivity contribution in [3.63, 3.8) is 0 Å². The largest absolute Gasteiger partial charge is 0.393 e. The summed E-state index contributed by atoms with van der Waals surface area (Å²) < 4.78 is 0. The molecule has 1 aromatic carbocycles. The molecule has 0 aliphatic heterocycles. The van der Waals surface area contributed by atoms with Gasteiger partial charge >= 0.3 is 0 Å². The molecule has 1 aromatic rings. The van der Waals surface area contributed by atoms with E-state index in [9.17, 15) is 4.79 Å². The number of hydrogen-bond acceptors (Lipinski definition) is 2. The lowest BCUT2D eigenvalue weighted by molar-refractivity contribution is -0.134. The average molecular weight is 313 g/mol. The summed E-state index contributed by atoms with van der Waals surface area (Å²) >= 11 is 11.2. The number of hydrogen-bond donors (Lipinski definition) is 1. The normalized spacial score (nSPS) is 13.6. The third-order valence-electron chi connectivity index (χ3n) is 3.50. The van der Waals surface area contributed by atoms with E-state index < -0.39 is 5.92 Å². The number of rotatable bonds is 6. The molecule has 20 heavy (non-hydrogen) atoms. The van der Waals surface area contributed by atoms with Gasteiger partial charge in [-0.1, -0.05) is 55.4 Å². The van der Waals surface area contributed by atoms with E-state index in [0.717, 1.165) is 12.0 Å². The molecule has 2 N–H and O–H groups in total. The van der Waals surface area contributed by atoms with E-state index in [0.29, 0.717) is 11.4 Å². The second-order valence-corrected chi connectivity index (χ2v) is 5.77. The monoisotopic (exact) mass is 312 g/mol. The third kappa shape index (κ3) is 3.93. The van der Waals surface area contributed by atoms with Crippen molar-refractivity contribution in [3.05, 3.63) is 34.9 Å². The summed E-state index contributed by atoms with van der Waals surface area (Å²) in [5.41, 5.74) is 6.61. The van der Waals surface area contributed by atoms with Gasteiger partial charge in [0.15, 0.2) is 0 Å². The fourth-order valence-corrected chi connectivity index (χ4v) is 2.65. The zero-order valence-corrected chi connectivity index (χ0v) is 13.7. The van der Waals surface area contributed by atoms with Crippen molar-refractivity contribution >= 4 is 34.7 Å². The highest BCUT2D eigenvalue weighted by molar-refractivity contribution is 7.80. The van der Waals surface area contributed by atoms with E-state index in [2.05, 4.69) is 0 Å². The van der Waals surface area contributed by atoms with E-state index in [-0.39, 0.29) is 16.9 Å². The number of nitrogens with two attached hydrogens (primary N) is 1. The Morgan fingerprint density at radius 3 is 2.55 bits per heavy atom. The van der Waals surface area contributed by atoms with Gasteiger partial charge < -0.3 is 10.6 Å². The minimum atomic E-state index is -0.398. The molecule has 1 amide bonds. The summed E-state index contributed by atoms with van der Waals surface area (Å²) in [6, 6.07) is 7.40. The van der Waals surface area contributed by atoms with Gasteiger partial charge in [0.2, 0.25) is 5.91 Å². The molecule has 0 aliphatic carbocycles. The fraction of sp³-hybridized carbons (Fsp3) is 0.467. The van der Waals surface area contributed by atoms with E-state index in [1.54, 1.807) is 11.9 Å². The number of thiocarbonyl (C=S) groups is 1. The number of carbonyl (C=O) groups excluding carboxylic acids is 1. The number of halogens is 1. The zero-order chi connectivity index (χ0) is 15.3. The Kier molecular flexibility index (Phi) is 6.43. The first-order chi connectivity index (χ1) is 9.40. The topological polar surface area (TPSA) is 46.3 Å². The molecule has 3 nitrogen and oxygen atoms in total. The predicted octanol–water partition coefficient (Wildman–Crippen LogP) is 3.56. The van der Waals surface area contributed by atoms with Crippen LogP contribution in [-0.4, -0.2) is 22.8 Å². The van der Waals surface area contributed by atoms with Gasteiger partial charge in [0.1, 0.15) is 0 Å². The maximum absolute atomic E-state index is 12.5. The molecule has 0 bridgehead atoms. The van der Waals surface area contributed by atoms with Gasteiger partial charge in [-0.05, 0) is 25.0 Å². The van der Waals surface area contributed by atoms with Crippen LogP contribution < -0.4 is 5.73 Å². The van der Waals surface area contributed by atoms with Crippen LogP contribution >= 0.6 is 23.8 Å². The van der Waals surface area contributed by atoms with Crippen molar-refractivity contribution in [1.82, 2.24) is 4.90 Å². The second kappa shape index (κ2) is 7.60. The van der Waals surface area contributed by atoms with Gasteiger partial charge in [-0.3, -0.25) is 4.79 Å². The van der Waals surface area contributed by atoms with Gasteiger partial charge in [-0.15, -0.1) is 0 Å². The summed E-state index contributed by atoms with van der Waals surface area (Å²) in [5, 5.41) is 0.655. The first-order valence-corrected chi connectivity index (χ1v) is 7.49. The summed E-state index contributed by atoms with van der Waals surface area (Å²) in [6.07, 6.45) is 1.54. The Labute approximate surface area is 131 Å². The molecule has 110 valence electrons. The first kappa shape index (κ1) is 16.9. The molecular formula is C15H21ClN2OS. The lowest BCUT2D eigenvalue weighted by atomic mass is 10.00. The number of amides is 1. The van der Waals surface area contributed by atoms with Crippen LogP contribution in [0.2, 0.25) is 5.02 Å². The highest BCUT2D eigenvalue weighted by Crippen LogP contribution is 2.27. The smallest absolute Gasteiger partial charge is 0.232 e. The van der Waals surface area contributed by atoms with Crippen molar-refractivity contribution in [1.29, 1.82) is 0 Å². The zero-order valence-electron chi connectivity index (χ0n) is 12.1. The van der Waals surface area contributed by atoms with Crippen molar-refractivity contribution < 1.29 is 4.79 Å². The standard InChI is InChI=1S/C15H21ClN2OS/c1-4-7-12(14(17)20)15(19)18(3)10(2)11-8-5-6-9-13(11)16/h5-6,8-10,12H,4,7H2,1-3H3,(H2,17,20). The lowest BCUT2D eigenvalue weighted by Gasteiger charge is -2.29. The van der Waals surface area contributed by atoms with Crippen LogP contribution in [0.3, 0.4) is 0 Å². The minimum absolute atomic E-state index is 0.0493. The Morgan fingerprint density at radius 1 is 1.45 bits per heavy atom. The van der Waals surface area contributed by atoms with Crippen molar-refractivity contribution in [3.8, 4) is 0 Å². The lowest BCUT2D eigenvalue weighted by Crippen LogP contribution is -2.40. The number of benzene rings is 1. The molecule has 0 saturated carbocycles. The van der Waals surface area contributed by atoms with Gasteiger partial charge in [0.25, 0.3) is 0 Å². The van der Waals surface area contributed by atoms with E-state index in [1.165, 1.54) is 0 Å². The average Bonchev–Trinajstić information content (AvgIpc) is 2.42. The third-order valence-corrected chi connectivity index (χ3v) is 4.13. The van der Waals surface area contributed by atoms with E-state index in [4.69, 9.17) is 29.6 Å². The minimum Gasteiger partial charge on any atom is -0.393 e. The second-order valence-electron chi connectivity index (χ2n) is 4.89. The Hall–Kier alpha value is -1.13. The molecule has 0 saturated heterocycles. The molecule has 0 heterocycles. The van der Waals surface area contributed by atoms with Gasteiger partial charge in [-0.25, -0.2) is 0 Å². The van der Waals surface area contributed by atoms with Crippen LogP contribution in [0.5, 0.6) is 0 Å². The van der Waals surface area contributed by atoms with Gasteiger partial charge in [-0.2, -0.15) is 0 Å². The molecule has 2 atom stereocenters. The number of carbonyl (C=O) groups is 1. The van der Waals surface area contributed by atoms with E-state index in [1.807, 2.05) is 38.1 Å². The van der Waals surface area contributed by atoms with Gasteiger partial charge in [0, 0.05) is 12.1 Å². The Morgan fingerprint density at radius 2 is 2.05 bits per heavy atom. The van der Waals surface area contributed by atoms with Crippen LogP contribution in [-0.2, 0) is 4.79 Å². The predicted molar refractivity (Wildman–Crippen MR) is 87.8 cm³/mol. The Balaban J connectivity index is 2.93. The maximum Gasteiger partial charge on any atom is 0.232 e. The molecule has 2 unspecified atom stereocenters. The quantitative estimate of drug-likeness (QED) is 0.817. The van der Waals surface area contributed by atoms with Crippen molar-refractivity contribution in [2.75, 3.05) is 7.05 Å². The molecule has 5 heteroatoms. The SMILES string of the molecule is CCCC(C(=O)N(C)C(C)c1ccccc1Cl)C(N)=S. The summed E-state index contributed by atoms with van der Waals surface area (Å²) in [5.74, 6) is -0.447. The van der Waals surface area contributed by atoms with Gasteiger partial charge in [0.05, 0.1) is 16.9 Å². The summed E-state index contributed by atoms with van der Waals surface area (Å²) in [4.78, 5) is 14.4. The fourth-order valence-electron chi connectivity index (χ4n) is 2.14. The van der Waals surface area contributed by atoms with Crippen LogP contribution in [0, 0.1) is 5.92 Å². The summed E-state index contributed by atoms with van der Waals surface area (Å²) in [6.45, 7) is 3.96.